The van der Waals surface area contributed by atoms with E-state index in [9.17, 15) is 14.0 Å². The molecule has 0 spiro atoms. The van der Waals surface area contributed by atoms with E-state index >= 15 is 0 Å². The van der Waals surface area contributed by atoms with Crippen LogP contribution in [-0.2, 0) is 6.54 Å². The Morgan fingerprint density at radius 3 is 2.30 bits per heavy atom. The molecule has 3 N–H and O–H groups in total. The van der Waals surface area contributed by atoms with Crippen molar-refractivity contribution >= 4 is 34.6 Å². The number of urea groups is 1. The van der Waals surface area contributed by atoms with E-state index in [1.54, 1.807) is 12.1 Å². The van der Waals surface area contributed by atoms with Crippen LogP contribution in [0, 0.1) is 12.7 Å². The lowest BCUT2D eigenvalue weighted by Gasteiger charge is -2.06. The first-order valence-electron chi connectivity index (χ1n) is 8.00. The maximum absolute atomic E-state index is 12.9. The molecule has 3 aromatic rings. The van der Waals surface area contributed by atoms with Crippen molar-refractivity contribution in [3.05, 3.63) is 69.9 Å². The van der Waals surface area contributed by atoms with Crippen LogP contribution in [0.2, 0.25) is 0 Å². The summed E-state index contributed by atoms with van der Waals surface area (Å²) in [6.45, 7) is 2.10. The minimum atomic E-state index is -0.450. The van der Waals surface area contributed by atoms with Crippen molar-refractivity contribution < 1.29 is 14.0 Å². The van der Waals surface area contributed by atoms with Crippen LogP contribution in [-0.4, -0.2) is 22.1 Å². The van der Waals surface area contributed by atoms with E-state index in [1.165, 1.54) is 24.3 Å². The Balaban J connectivity index is 1.51. The minimum Gasteiger partial charge on any atom is -0.331 e. The van der Waals surface area contributed by atoms with Crippen molar-refractivity contribution in [2.45, 2.75) is 13.5 Å². The summed E-state index contributed by atoms with van der Waals surface area (Å²) in [5, 5.41) is 16.3. The van der Waals surface area contributed by atoms with Gasteiger partial charge in [-0.3, -0.25) is 4.79 Å². The summed E-state index contributed by atoms with van der Waals surface area (Å²) in [6.07, 6.45) is 0. The third-order valence-corrected chi connectivity index (χ3v) is 4.39. The smallest absolute Gasteiger partial charge is 0.319 e. The average Bonchev–Trinajstić information content (AvgIpc) is 3.13. The zero-order valence-electron chi connectivity index (χ0n) is 14.3. The predicted octanol–water partition coefficient (Wildman–Crippen LogP) is 3.56. The van der Waals surface area contributed by atoms with Crippen molar-refractivity contribution in [1.82, 2.24) is 15.5 Å². The van der Waals surface area contributed by atoms with Gasteiger partial charge >= 0.3 is 6.03 Å². The molecule has 0 aliphatic heterocycles. The number of aryl methyl sites for hydroxylation is 1. The lowest BCUT2D eigenvalue weighted by atomic mass is 10.2. The second kappa shape index (κ2) is 8.37. The normalized spacial score (nSPS) is 10.3. The zero-order chi connectivity index (χ0) is 19.2. The van der Waals surface area contributed by atoms with Crippen LogP contribution in [0.25, 0.3) is 0 Å². The number of carbonyl (C=O) groups excluding carboxylic acids is 2. The van der Waals surface area contributed by atoms with E-state index < -0.39 is 5.91 Å². The molecule has 0 saturated heterocycles. The molecule has 138 valence electrons. The van der Waals surface area contributed by atoms with E-state index in [0.717, 1.165) is 16.9 Å². The number of nitrogens with zero attached hydrogens (tertiary/aromatic N) is 2. The number of nitrogens with one attached hydrogen (secondary N) is 3. The number of aromatic nitrogens is 2. The Morgan fingerprint density at radius 2 is 1.59 bits per heavy atom. The first-order chi connectivity index (χ1) is 13.0. The van der Waals surface area contributed by atoms with Gasteiger partial charge in [0.1, 0.15) is 10.8 Å². The molecule has 0 radical (unpaired) electrons. The summed E-state index contributed by atoms with van der Waals surface area (Å²) in [5.41, 5.74) is 2.23. The number of halogens is 1. The van der Waals surface area contributed by atoms with Gasteiger partial charge in [-0.25, -0.2) is 9.18 Å². The third-order valence-electron chi connectivity index (χ3n) is 3.47. The van der Waals surface area contributed by atoms with Gasteiger partial charge in [-0.1, -0.05) is 29.0 Å². The first-order valence-corrected chi connectivity index (χ1v) is 8.82. The van der Waals surface area contributed by atoms with Gasteiger partial charge in [-0.15, -0.1) is 10.2 Å². The van der Waals surface area contributed by atoms with Gasteiger partial charge in [0.05, 0.1) is 6.54 Å². The quantitative estimate of drug-likeness (QED) is 0.626. The van der Waals surface area contributed by atoms with Crippen LogP contribution in [0.4, 0.5) is 20.6 Å². The minimum absolute atomic E-state index is 0.138. The van der Waals surface area contributed by atoms with Gasteiger partial charge in [0.15, 0.2) is 0 Å². The Kier molecular flexibility index (Phi) is 5.72. The second-order valence-electron chi connectivity index (χ2n) is 5.64. The lowest BCUT2D eigenvalue weighted by molar-refractivity contribution is 0.102. The number of hydrogen-bond acceptors (Lipinski definition) is 5. The summed E-state index contributed by atoms with van der Waals surface area (Å²) < 4.78 is 12.9. The molecule has 2 aromatic carbocycles. The Hall–Kier alpha value is -3.33. The summed E-state index contributed by atoms with van der Waals surface area (Å²) in [6, 6.07) is 12.4. The van der Waals surface area contributed by atoms with Crippen molar-refractivity contribution in [2.24, 2.45) is 0 Å². The molecule has 9 heteroatoms. The predicted molar refractivity (Wildman–Crippen MR) is 101 cm³/mol. The molecule has 0 unspecified atom stereocenters. The molecule has 0 fully saturated rings. The number of hydrogen-bond donors (Lipinski definition) is 3. The van der Waals surface area contributed by atoms with E-state index in [0.29, 0.717) is 16.4 Å². The molecule has 0 aliphatic carbocycles. The molecule has 1 heterocycles. The molecule has 0 saturated carbocycles. The second-order valence-corrected chi connectivity index (χ2v) is 6.70. The first kappa shape index (κ1) is 18.5. The largest absolute Gasteiger partial charge is 0.331 e. The number of anilines is 2. The molecule has 27 heavy (non-hydrogen) atoms. The average molecular weight is 385 g/mol. The van der Waals surface area contributed by atoms with Gasteiger partial charge in [-0.2, -0.15) is 0 Å². The molecule has 0 bridgehead atoms. The van der Waals surface area contributed by atoms with E-state index in [4.69, 9.17) is 0 Å². The fraction of sp³-hybridized carbons (Fsp3) is 0.111. The van der Waals surface area contributed by atoms with Crippen molar-refractivity contribution in [1.29, 1.82) is 0 Å². The highest BCUT2D eigenvalue weighted by molar-refractivity contribution is 7.13. The van der Waals surface area contributed by atoms with E-state index in [-0.39, 0.29) is 23.4 Å². The Labute approximate surface area is 158 Å². The van der Waals surface area contributed by atoms with Crippen LogP contribution in [0.3, 0.4) is 0 Å². The van der Waals surface area contributed by atoms with Crippen LogP contribution in [0.1, 0.15) is 20.4 Å². The Bertz CT molecular complexity index is 941. The third kappa shape index (κ3) is 5.32. The fourth-order valence-corrected chi connectivity index (χ4v) is 2.78. The lowest BCUT2D eigenvalue weighted by Crippen LogP contribution is -2.28. The molecule has 0 aliphatic rings. The highest BCUT2D eigenvalue weighted by Gasteiger charge is 2.13. The number of amides is 3. The van der Waals surface area contributed by atoms with Gasteiger partial charge in [0.2, 0.25) is 5.01 Å². The van der Waals surface area contributed by atoms with Crippen LogP contribution >= 0.6 is 11.3 Å². The summed E-state index contributed by atoms with van der Waals surface area (Å²) in [7, 11) is 0. The highest BCUT2D eigenvalue weighted by atomic mass is 32.1. The van der Waals surface area contributed by atoms with Crippen LogP contribution < -0.4 is 16.0 Å². The monoisotopic (exact) mass is 385 g/mol. The maximum Gasteiger partial charge on any atom is 0.319 e. The summed E-state index contributed by atoms with van der Waals surface area (Å²) in [4.78, 5) is 24.0. The van der Waals surface area contributed by atoms with E-state index in [1.807, 2.05) is 19.1 Å². The standard InChI is InChI=1S/C18H16FN5O2S/c1-11-2-6-14(7-3-11)22-18(26)20-10-15-23-24-17(27-15)16(25)21-13-8-4-12(19)5-9-13/h2-9H,10H2,1H3,(H,21,25)(H2,20,22,26). The molecular weight excluding hydrogens is 369 g/mol. The molecule has 1 aromatic heterocycles. The van der Waals surface area contributed by atoms with Crippen LogP contribution in [0.15, 0.2) is 48.5 Å². The molecule has 0 atom stereocenters. The Morgan fingerprint density at radius 1 is 0.963 bits per heavy atom. The molecule has 3 rings (SSSR count). The van der Waals surface area contributed by atoms with Crippen molar-refractivity contribution in [3.8, 4) is 0 Å². The highest BCUT2D eigenvalue weighted by Crippen LogP contribution is 2.14. The van der Waals surface area contributed by atoms with Gasteiger partial charge in [-0.05, 0) is 43.3 Å². The van der Waals surface area contributed by atoms with Crippen molar-refractivity contribution in [2.75, 3.05) is 10.6 Å². The van der Waals surface area contributed by atoms with Gasteiger partial charge < -0.3 is 16.0 Å². The number of carbonyl (C=O) groups is 2. The molecule has 7 nitrogen and oxygen atoms in total. The number of rotatable bonds is 5. The van der Waals surface area contributed by atoms with Gasteiger partial charge in [0.25, 0.3) is 5.91 Å². The summed E-state index contributed by atoms with van der Waals surface area (Å²) in [5.74, 6) is -0.837. The molecular formula is C18H16FN5O2S. The number of benzene rings is 2. The topological polar surface area (TPSA) is 96.0 Å². The van der Waals surface area contributed by atoms with Gasteiger partial charge in [0, 0.05) is 11.4 Å². The maximum atomic E-state index is 12.9. The SMILES string of the molecule is Cc1ccc(NC(=O)NCc2nnc(C(=O)Nc3ccc(F)cc3)s2)cc1. The van der Waals surface area contributed by atoms with E-state index in [2.05, 4.69) is 26.1 Å². The van der Waals surface area contributed by atoms with Crippen LogP contribution in [0.5, 0.6) is 0 Å². The summed E-state index contributed by atoms with van der Waals surface area (Å²) >= 11 is 1.06. The molecule has 3 amide bonds. The zero-order valence-corrected chi connectivity index (χ0v) is 15.1. The van der Waals surface area contributed by atoms with Crippen molar-refractivity contribution in [3.63, 3.8) is 0 Å². The fourth-order valence-electron chi connectivity index (χ4n) is 2.10.